The van der Waals surface area contributed by atoms with E-state index < -0.39 is 0 Å². The molecule has 3 rings (SSSR count). The number of fused-ring (bicyclic) bond motifs is 1. The van der Waals surface area contributed by atoms with E-state index in [1.165, 1.54) is 22.6 Å². The molecule has 0 saturated heterocycles. The van der Waals surface area contributed by atoms with Gasteiger partial charge in [-0.05, 0) is 36.4 Å². The summed E-state index contributed by atoms with van der Waals surface area (Å²) in [5.41, 5.74) is 2.57. The van der Waals surface area contributed by atoms with Crippen molar-refractivity contribution >= 4 is 22.8 Å². The summed E-state index contributed by atoms with van der Waals surface area (Å²) in [6.07, 6.45) is 1.04. The molecule has 18 heavy (non-hydrogen) atoms. The van der Waals surface area contributed by atoms with Gasteiger partial charge in [-0.1, -0.05) is 24.3 Å². The lowest BCUT2D eigenvalue weighted by molar-refractivity contribution is 0.100. The second kappa shape index (κ2) is 4.58. The van der Waals surface area contributed by atoms with Crippen molar-refractivity contribution in [1.29, 1.82) is 0 Å². The standard InChI is InChI=1S/C15H15NOS/c1-11-9-12-5-2-3-6-13(12)16(11)10-14(17)15-7-4-8-18-15/h2-8,11H,9-10H2,1H3. The van der Waals surface area contributed by atoms with Crippen LogP contribution in [0.3, 0.4) is 0 Å². The molecule has 1 aromatic heterocycles. The number of rotatable bonds is 3. The number of hydrogen-bond acceptors (Lipinski definition) is 3. The molecule has 0 N–H and O–H groups in total. The molecule has 0 aliphatic carbocycles. The number of nitrogens with zero attached hydrogens (tertiary/aromatic N) is 1. The first kappa shape index (κ1) is 11.5. The molecular formula is C15H15NOS. The second-order valence-electron chi connectivity index (χ2n) is 4.71. The zero-order chi connectivity index (χ0) is 12.5. The maximum atomic E-state index is 12.2. The van der Waals surface area contributed by atoms with Crippen LogP contribution in [0.4, 0.5) is 5.69 Å². The minimum atomic E-state index is 0.216. The van der Waals surface area contributed by atoms with Crippen LogP contribution in [0.2, 0.25) is 0 Å². The minimum absolute atomic E-state index is 0.216. The molecule has 0 radical (unpaired) electrons. The zero-order valence-corrected chi connectivity index (χ0v) is 11.1. The Morgan fingerprint density at radius 3 is 2.94 bits per heavy atom. The Labute approximate surface area is 111 Å². The largest absolute Gasteiger partial charge is 0.361 e. The van der Waals surface area contributed by atoms with Crippen LogP contribution in [0.15, 0.2) is 41.8 Å². The summed E-state index contributed by atoms with van der Waals surface area (Å²) in [5, 5.41) is 1.95. The summed E-state index contributed by atoms with van der Waals surface area (Å²) in [5.74, 6) is 0.216. The van der Waals surface area contributed by atoms with Crippen molar-refractivity contribution in [3.05, 3.63) is 52.2 Å². The molecule has 2 nitrogen and oxygen atoms in total. The second-order valence-corrected chi connectivity index (χ2v) is 5.66. The normalized spacial score (nSPS) is 17.8. The lowest BCUT2D eigenvalue weighted by atomic mass is 10.1. The number of carbonyl (C=O) groups excluding carboxylic acids is 1. The molecule has 0 amide bonds. The van der Waals surface area contributed by atoms with Gasteiger partial charge in [0.1, 0.15) is 0 Å². The van der Waals surface area contributed by atoms with E-state index in [9.17, 15) is 4.79 Å². The van der Waals surface area contributed by atoms with Crippen LogP contribution in [0.1, 0.15) is 22.2 Å². The van der Waals surface area contributed by atoms with E-state index in [0.717, 1.165) is 11.3 Å². The molecule has 3 heteroatoms. The summed E-state index contributed by atoms with van der Waals surface area (Å²) >= 11 is 1.52. The molecule has 1 aliphatic rings. The average molecular weight is 257 g/mol. The summed E-state index contributed by atoms with van der Waals surface area (Å²) < 4.78 is 0. The molecule has 1 unspecified atom stereocenters. The monoisotopic (exact) mass is 257 g/mol. The van der Waals surface area contributed by atoms with Gasteiger partial charge in [-0.3, -0.25) is 4.79 Å². The van der Waals surface area contributed by atoms with Crippen LogP contribution in [0.5, 0.6) is 0 Å². The Bertz CT molecular complexity index is 562. The number of Topliss-reactive ketones (excluding diaryl/α,β-unsaturated/α-hetero) is 1. The van der Waals surface area contributed by atoms with Gasteiger partial charge in [-0.15, -0.1) is 11.3 Å². The summed E-state index contributed by atoms with van der Waals surface area (Å²) in [7, 11) is 0. The predicted molar refractivity (Wildman–Crippen MR) is 75.6 cm³/mol. The topological polar surface area (TPSA) is 20.3 Å². The van der Waals surface area contributed by atoms with Crippen LogP contribution in [0, 0.1) is 0 Å². The van der Waals surface area contributed by atoms with E-state index in [1.54, 1.807) is 0 Å². The Balaban J connectivity index is 1.83. The highest BCUT2D eigenvalue weighted by molar-refractivity contribution is 7.12. The van der Waals surface area contributed by atoms with Crippen LogP contribution in [0.25, 0.3) is 0 Å². The molecule has 0 saturated carbocycles. The van der Waals surface area contributed by atoms with Crippen LogP contribution in [-0.4, -0.2) is 18.4 Å². The van der Waals surface area contributed by atoms with Crippen molar-refractivity contribution in [1.82, 2.24) is 0 Å². The smallest absolute Gasteiger partial charge is 0.191 e. The third-order valence-electron chi connectivity index (χ3n) is 3.46. The number of para-hydroxylation sites is 1. The van der Waals surface area contributed by atoms with Crippen LogP contribution < -0.4 is 4.90 Å². The highest BCUT2D eigenvalue weighted by Gasteiger charge is 2.27. The van der Waals surface area contributed by atoms with Gasteiger partial charge in [-0.2, -0.15) is 0 Å². The van der Waals surface area contributed by atoms with Gasteiger partial charge in [0.2, 0.25) is 0 Å². The van der Waals surface area contributed by atoms with Crippen molar-refractivity contribution in [3.63, 3.8) is 0 Å². The number of carbonyl (C=O) groups is 1. The van der Waals surface area contributed by atoms with Crippen molar-refractivity contribution in [2.75, 3.05) is 11.4 Å². The van der Waals surface area contributed by atoms with Gasteiger partial charge >= 0.3 is 0 Å². The number of thiophene rings is 1. The Hall–Kier alpha value is -1.61. The summed E-state index contributed by atoms with van der Waals surface area (Å²) in [6.45, 7) is 2.67. The Kier molecular flexibility index (Phi) is 2.92. The molecule has 0 fully saturated rings. The number of benzene rings is 1. The number of ketones is 1. The van der Waals surface area contributed by atoms with Crippen molar-refractivity contribution < 1.29 is 4.79 Å². The first-order chi connectivity index (χ1) is 8.75. The molecule has 0 spiro atoms. The van der Waals surface area contributed by atoms with Gasteiger partial charge in [0.05, 0.1) is 11.4 Å². The summed E-state index contributed by atoms with van der Waals surface area (Å²) in [6, 6.07) is 12.6. The fraction of sp³-hybridized carbons (Fsp3) is 0.267. The van der Waals surface area contributed by atoms with Gasteiger partial charge in [0.15, 0.2) is 5.78 Å². The van der Waals surface area contributed by atoms with E-state index >= 15 is 0 Å². The summed E-state index contributed by atoms with van der Waals surface area (Å²) in [4.78, 5) is 15.3. The lowest BCUT2D eigenvalue weighted by Gasteiger charge is -2.23. The van der Waals surface area contributed by atoms with E-state index in [1.807, 2.05) is 23.6 Å². The first-order valence-electron chi connectivity index (χ1n) is 6.17. The fourth-order valence-electron chi connectivity index (χ4n) is 2.54. The predicted octanol–water partition coefficient (Wildman–Crippen LogP) is 3.38. The van der Waals surface area contributed by atoms with Gasteiger partial charge in [0.25, 0.3) is 0 Å². The maximum absolute atomic E-state index is 12.2. The molecule has 1 aromatic carbocycles. The van der Waals surface area contributed by atoms with E-state index in [4.69, 9.17) is 0 Å². The van der Waals surface area contributed by atoms with E-state index in [0.29, 0.717) is 12.6 Å². The lowest BCUT2D eigenvalue weighted by Crippen LogP contribution is -2.34. The third kappa shape index (κ3) is 1.95. The van der Waals surface area contributed by atoms with Crippen LogP contribution in [-0.2, 0) is 6.42 Å². The number of hydrogen-bond donors (Lipinski definition) is 0. The fourth-order valence-corrected chi connectivity index (χ4v) is 3.20. The minimum Gasteiger partial charge on any atom is -0.361 e. The molecular weight excluding hydrogens is 242 g/mol. The van der Waals surface area contributed by atoms with Gasteiger partial charge in [-0.25, -0.2) is 0 Å². The molecule has 2 aromatic rings. The Morgan fingerprint density at radius 1 is 1.33 bits per heavy atom. The molecule has 0 bridgehead atoms. The zero-order valence-electron chi connectivity index (χ0n) is 10.3. The first-order valence-corrected chi connectivity index (χ1v) is 7.05. The van der Waals surface area contributed by atoms with E-state index in [-0.39, 0.29) is 5.78 Å². The molecule has 92 valence electrons. The maximum Gasteiger partial charge on any atom is 0.191 e. The van der Waals surface area contributed by atoms with Gasteiger partial charge < -0.3 is 4.90 Å². The molecule has 1 atom stereocenters. The highest BCUT2D eigenvalue weighted by atomic mass is 32.1. The molecule has 2 heterocycles. The van der Waals surface area contributed by atoms with Crippen molar-refractivity contribution in [2.24, 2.45) is 0 Å². The van der Waals surface area contributed by atoms with Crippen LogP contribution >= 0.6 is 11.3 Å². The van der Waals surface area contributed by atoms with Crippen molar-refractivity contribution in [2.45, 2.75) is 19.4 Å². The Morgan fingerprint density at radius 2 is 2.17 bits per heavy atom. The number of anilines is 1. The average Bonchev–Trinajstić information content (AvgIpc) is 2.98. The van der Waals surface area contributed by atoms with Gasteiger partial charge in [0, 0.05) is 11.7 Å². The quantitative estimate of drug-likeness (QED) is 0.786. The van der Waals surface area contributed by atoms with Crippen molar-refractivity contribution in [3.8, 4) is 0 Å². The SMILES string of the molecule is CC1Cc2ccccc2N1CC(=O)c1cccs1. The van der Waals surface area contributed by atoms with E-state index in [2.05, 4.69) is 30.0 Å². The highest BCUT2D eigenvalue weighted by Crippen LogP contribution is 2.31. The molecule has 1 aliphatic heterocycles. The third-order valence-corrected chi connectivity index (χ3v) is 4.37.